The number of aryl methyl sites for hydroxylation is 1. The molecule has 0 fully saturated rings. The third-order valence-electron chi connectivity index (χ3n) is 2.70. The first kappa shape index (κ1) is 12.2. The van der Waals surface area contributed by atoms with Gasteiger partial charge in [-0.2, -0.15) is 0 Å². The molecule has 2 rings (SSSR count). The summed E-state index contributed by atoms with van der Waals surface area (Å²) in [4.78, 5) is 20.5. The molecule has 4 heteroatoms. The lowest BCUT2D eigenvalue weighted by atomic mass is 10.0. The van der Waals surface area contributed by atoms with E-state index >= 15 is 0 Å². The summed E-state index contributed by atoms with van der Waals surface area (Å²) in [6.45, 7) is 2.00. The zero-order chi connectivity index (χ0) is 13.0. The Hall–Kier alpha value is -2.23. The van der Waals surface area contributed by atoms with Crippen LogP contribution < -0.4 is 4.74 Å². The van der Waals surface area contributed by atoms with Gasteiger partial charge in [-0.05, 0) is 24.1 Å². The predicted molar refractivity (Wildman–Crippen MR) is 67.8 cm³/mol. The molecule has 0 aliphatic heterocycles. The van der Waals surface area contributed by atoms with Crippen LogP contribution in [0.2, 0.25) is 0 Å². The van der Waals surface area contributed by atoms with E-state index < -0.39 is 0 Å². The first-order chi connectivity index (χ1) is 8.76. The normalized spacial score (nSPS) is 10.1. The Balaban J connectivity index is 2.41. The Labute approximate surface area is 106 Å². The minimum absolute atomic E-state index is 0.126. The molecule has 0 radical (unpaired) electrons. The summed E-state index contributed by atoms with van der Waals surface area (Å²) in [5.74, 6) is 0.439. The number of hydrogen-bond acceptors (Lipinski definition) is 4. The van der Waals surface area contributed by atoms with Gasteiger partial charge in [0.15, 0.2) is 0 Å². The highest BCUT2D eigenvalue weighted by molar-refractivity contribution is 6.08. The van der Waals surface area contributed by atoms with Crippen molar-refractivity contribution >= 4 is 5.78 Å². The number of carbonyl (C=O) groups is 1. The van der Waals surface area contributed by atoms with Gasteiger partial charge < -0.3 is 4.74 Å². The van der Waals surface area contributed by atoms with Crippen LogP contribution in [0.15, 0.2) is 36.8 Å². The molecule has 18 heavy (non-hydrogen) atoms. The Morgan fingerprint density at radius 2 is 2.22 bits per heavy atom. The van der Waals surface area contributed by atoms with Crippen molar-refractivity contribution in [1.29, 1.82) is 0 Å². The number of methoxy groups -OCH3 is 1. The zero-order valence-corrected chi connectivity index (χ0v) is 10.4. The first-order valence-corrected chi connectivity index (χ1v) is 5.74. The van der Waals surface area contributed by atoms with E-state index in [-0.39, 0.29) is 5.78 Å². The average Bonchev–Trinajstić information content (AvgIpc) is 2.46. The number of pyridine rings is 2. The fourth-order valence-electron chi connectivity index (χ4n) is 1.72. The number of nitrogens with zero attached hydrogens (tertiary/aromatic N) is 2. The molecule has 0 saturated heterocycles. The maximum Gasteiger partial charge on any atom is 0.213 e. The van der Waals surface area contributed by atoms with Gasteiger partial charge in [-0.3, -0.25) is 14.8 Å². The van der Waals surface area contributed by atoms with E-state index in [9.17, 15) is 4.79 Å². The molecule has 4 nitrogen and oxygen atoms in total. The molecule has 92 valence electrons. The predicted octanol–water partition coefficient (Wildman–Crippen LogP) is 2.28. The monoisotopic (exact) mass is 242 g/mol. The number of rotatable bonds is 4. The van der Waals surface area contributed by atoms with Gasteiger partial charge >= 0.3 is 0 Å². The zero-order valence-electron chi connectivity index (χ0n) is 10.4. The maximum absolute atomic E-state index is 12.3. The molecular formula is C14H14N2O2. The summed E-state index contributed by atoms with van der Waals surface area (Å²) in [6.07, 6.45) is 5.49. The van der Waals surface area contributed by atoms with Crippen LogP contribution in [0.5, 0.6) is 5.75 Å². The van der Waals surface area contributed by atoms with Crippen molar-refractivity contribution in [3.05, 3.63) is 53.6 Å². The summed E-state index contributed by atoms with van der Waals surface area (Å²) >= 11 is 0. The van der Waals surface area contributed by atoms with Crippen LogP contribution in [0.3, 0.4) is 0 Å². The Morgan fingerprint density at radius 3 is 2.94 bits per heavy atom. The molecule has 0 saturated carbocycles. The van der Waals surface area contributed by atoms with E-state index in [1.807, 2.05) is 19.1 Å². The highest BCUT2D eigenvalue weighted by atomic mass is 16.5. The molecule has 0 atom stereocenters. The van der Waals surface area contributed by atoms with E-state index in [1.165, 1.54) is 6.20 Å². The van der Waals surface area contributed by atoms with E-state index in [1.54, 1.807) is 25.6 Å². The molecule has 2 heterocycles. The molecule has 0 N–H and O–H groups in total. The molecule has 2 aromatic heterocycles. The molecule has 0 aromatic carbocycles. The Kier molecular flexibility index (Phi) is 3.67. The summed E-state index contributed by atoms with van der Waals surface area (Å²) in [5, 5.41) is 0. The van der Waals surface area contributed by atoms with Crippen LogP contribution in [-0.4, -0.2) is 22.9 Å². The lowest BCUT2D eigenvalue weighted by Gasteiger charge is -2.06. The fourth-order valence-corrected chi connectivity index (χ4v) is 1.72. The van der Waals surface area contributed by atoms with Gasteiger partial charge in [0.25, 0.3) is 0 Å². The first-order valence-electron chi connectivity index (χ1n) is 5.74. The summed E-state index contributed by atoms with van der Waals surface area (Å²) in [7, 11) is 1.55. The van der Waals surface area contributed by atoms with Gasteiger partial charge in [0.2, 0.25) is 5.78 Å². The van der Waals surface area contributed by atoms with Crippen LogP contribution in [0.4, 0.5) is 0 Å². The van der Waals surface area contributed by atoms with Gasteiger partial charge in [-0.15, -0.1) is 0 Å². The number of ketones is 1. The third kappa shape index (κ3) is 2.37. The Bertz CT molecular complexity index is 567. The third-order valence-corrected chi connectivity index (χ3v) is 2.70. The van der Waals surface area contributed by atoms with Crippen molar-refractivity contribution in [2.45, 2.75) is 13.3 Å². The van der Waals surface area contributed by atoms with Crippen molar-refractivity contribution in [2.75, 3.05) is 7.11 Å². The number of ether oxygens (including phenoxy) is 1. The fraction of sp³-hybridized carbons (Fsp3) is 0.214. The molecule has 0 spiro atoms. The van der Waals surface area contributed by atoms with Gasteiger partial charge in [0.1, 0.15) is 11.4 Å². The largest absolute Gasteiger partial charge is 0.495 e. The molecule has 0 unspecified atom stereocenters. The molecular weight excluding hydrogens is 228 g/mol. The second kappa shape index (κ2) is 5.40. The quantitative estimate of drug-likeness (QED) is 0.772. The molecule has 0 bridgehead atoms. The van der Waals surface area contributed by atoms with Gasteiger partial charge in [-0.25, -0.2) is 0 Å². The SMILES string of the molecule is CCc1cccnc1C(=O)c1cncc(OC)c1. The standard InChI is InChI=1S/C14H14N2O2/c1-3-10-5-4-6-16-13(10)14(17)11-7-12(18-2)9-15-8-11/h4-9H,3H2,1-2H3. The van der Waals surface area contributed by atoms with Crippen LogP contribution in [0.1, 0.15) is 28.5 Å². The van der Waals surface area contributed by atoms with Crippen molar-refractivity contribution < 1.29 is 9.53 Å². The van der Waals surface area contributed by atoms with Gasteiger partial charge in [0.05, 0.1) is 13.3 Å². The van der Waals surface area contributed by atoms with Crippen LogP contribution in [0, 0.1) is 0 Å². The highest BCUT2D eigenvalue weighted by Gasteiger charge is 2.14. The van der Waals surface area contributed by atoms with E-state index in [0.29, 0.717) is 17.0 Å². The minimum Gasteiger partial charge on any atom is -0.495 e. The second-order valence-corrected chi connectivity index (χ2v) is 3.81. The topological polar surface area (TPSA) is 52.1 Å². The smallest absolute Gasteiger partial charge is 0.213 e. The highest BCUT2D eigenvalue weighted by Crippen LogP contribution is 2.16. The van der Waals surface area contributed by atoms with E-state index in [0.717, 1.165) is 12.0 Å². The van der Waals surface area contributed by atoms with Crippen LogP contribution in [-0.2, 0) is 6.42 Å². The lowest BCUT2D eigenvalue weighted by molar-refractivity contribution is 0.103. The molecule has 0 aliphatic carbocycles. The number of aromatic nitrogens is 2. The van der Waals surface area contributed by atoms with E-state index in [4.69, 9.17) is 4.74 Å². The maximum atomic E-state index is 12.3. The minimum atomic E-state index is -0.126. The van der Waals surface area contributed by atoms with Crippen LogP contribution >= 0.6 is 0 Å². The van der Waals surface area contributed by atoms with E-state index in [2.05, 4.69) is 9.97 Å². The average molecular weight is 242 g/mol. The Morgan fingerprint density at radius 1 is 1.39 bits per heavy atom. The van der Waals surface area contributed by atoms with Crippen molar-refractivity contribution in [3.8, 4) is 5.75 Å². The molecule has 0 amide bonds. The van der Waals surface area contributed by atoms with Gasteiger partial charge in [-0.1, -0.05) is 13.0 Å². The lowest BCUT2D eigenvalue weighted by Crippen LogP contribution is -2.08. The number of carbonyl (C=O) groups excluding carboxylic acids is 1. The summed E-state index contributed by atoms with van der Waals surface area (Å²) in [6, 6.07) is 5.41. The number of hydrogen-bond donors (Lipinski definition) is 0. The second-order valence-electron chi connectivity index (χ2n) is 3.81. The van der Waals surface area contributed by atoms with Crippen LogP contribution in [0.25, 0.3) is 0 Å². The molecule has 0 aliphatic rings. The van der Waals surface area contributed by atoms with Crippen molar-refractivity contribution in [3.63, 3.8) is 0 Å². The van der Waals surface area contributed by atoms with Crippen molar-refractivity contribution in [1.82, 2.24) is 9.97 Å². The molecule has 2 aromatic rings. The summed E-state index contributed by atoms with van der Waals surface area (Å²) < 4.78 is 5.06. The van der Waals surface area contributed by atoms with Gasteiger partial charge in [0, 0.05) is 18.0 Å². The van der Waals surface area contributed by atoms with Crippen molar-refractivity contribution in [2.24, 2.45) is 0 Å². The summed E-state index contributed by atoms with van der Waals surface area (Å²) in [5.41, 5.74) is 1.91.